The van der Waals surface area contributed by atoms with E-state index in [1.165, 1.54) is 6.08 Å². The number of hydrogen-bond acceptors (Lipinski definition) is 4. The summed E-state index contributed by atoms with van der Waals surface area (Å²) in [4.78, 5) is 24.7. The summed E-state index contributed by atoms with van der Waals surface area (Å²) >= 11 is 0. The lowest BCUT2D eigenvalue weighted by atomic mass is 9.92. The van der Waals surface area contributed by atoms with Crippen molar-refractivity contribution in [2.75, 3.05) is 14.1 Å². The van der Waals surface area contributed by atoms with Crippen molar-refractivity contribution in [3.8, 4) is 0 Å². The SMILES string of the molecule is CN(C)C1([N+](=O)[O-])C=CC(C(=O)c2ccccc2)=CC1. The highest BCUT2D eigenvalue weighted by molar-refractivity contribution is 6.10. The number of nitro groups is 1. The number of rotatable bonds is 4. The van der Waals surface area contributed by atoms with Crippen molar-refractivity contribution >= 4 is 5.78 Å². The molecule has 0 aliphatic heterocycles. The third-order valence-electron chi connectivity index (χ3n) is 3.54. The van der Waals surface area contributed by atoms with Gasteiger partial charge in [0.25, 0.3) is 5.66 Å². The highest BCUT2D eigenvalue weighted by atomic mass is 16.6. The van der Waals surface area contributed by atoms with E-state index in [9.17, 15) is 14.9 Å². The van der Waals surface area contributed by atoms with Crippen molar-refractivity contribution in [3.63, 3.8) is 0 Å². The molecule has 104 valence electrons. The van der Waals surface area contributed by atoms with Crippen LogP contribution in [0.4, 0.5) is 0 Å². The van der Waals surface area contributed by atoms with Gasteiger partial charge in [-0.2, -0.15) is 0 Å². The Bertz CT molecular complexity index is 590. The second kappa shape index (κ2) is 5.38. The first-order valence-corrected chi connectivity index (χ1v) is 6.28. The van der Waals surface area contributed by atoms with E-state index in [2.05, 4.69) is 0 Å². The van der Waals surface area contributed by atoms with Crippen LogP contribution in [-0.2, 0) is 0 Å². The molecule has 0 radical (unpaired) electrons. The van der Waals surface area contributed by atoms with Crippen molar-refractivity contribution in [1.82, 2.24) is 4.90 Å². The number of allylic oxidation sites excluding steroid dienone is 2. The van der Waals surface area contributed by atoms with Crippen LogP contribution in [-0.4, -0.2) is 35.4 Å². The lowest BCUT2D eigenvalue weighted by molar-refractivity contribution is -0.582. The van der Waals surface area contributed by atoms with Crippen LogP contribution >= 0.6 is 0 Å². The van der Waals surface area contributed by atoms with E-state index < -0.39 is 5.66 Å². The van der Waals surface area contributed by atoms with E-state index in [4.69, 9.17) is 0 Å². The lowest BCUT2D eigenvalue weighted by Gasteiger charge is -2.29. The first kappa shape index (κ1) is 14.1. The van der Waals surface area contributed by atoms with E-state index in [1.54, 1.807) is 55.4 Å². The maximum Gasteiger partial charge on any atom is 0.299 e. The Kier molecular flexibility index (Phi) is 3.81. The summed E-state index contributed by atoms with van der Waals surface area (Å²) in [6, 6.07) is 8.89. The molecule has 5 heteroatoms. The minimum Gasteiger partial charge on any atom is -0.289 e. The molecular weight excluding hydrogens is 256 g/mol. The number of carbonyl (C=O) groups is 1. The summed E-state index contributed by atoms with van der Waals surface area (Å²) in [5.41, 5.74) is -0.183. The number of nitrogens with zero attached hydrogens (tertiary/aromatic N) is 2. The van der Waals surface area contributed by atoms with Gasteiger partial charge >= 0.3 is 0 Å². The van der Waals surface area contributed by atoms with Gasteiger partial charge in [-0.25, -0.2) is 4.90 Å². The third kappa shape index (κ3) is 2.40. The van der Waals surface area contributed by atoms with Crippen LogP contribution in [0.25, 0.3) is 0 Å². The fourth-order valence-corrected chi connectivity index (χ4v) is 2.17. The van der Waals surface area contributed by atoms with Crippen LogP contribution in [0.15, 0.2) is 54.1 Å². The molecule has 1 aromatic rings. The molecule has 0 amide bonds. The van der Waals surface area contributed by atoms with Crippen molar-refractivity contribution in [2.24, 2.45) is 0 Å². The van der Waals surface area contributed by atoms with E-state index in [0.29, 0.717) is 11.1 Å². The second-order valence-electron chi connectivity index (χ2n) is 4.92. The number of ketones is 1. The van der Waals surface area contributed by atoms with Gasteiger partial charge in [-0.15, -0.1) is 0 Å². The number of carbonyl (C=O) groups excluding carboxylic acids is 1. The fourth-order valence-electron chi connectivity index (χ4n) is 2.17. The van der Waals surface area contributed by atoms with Gasteiger partial charge in [0, 0.05) is 22.1 Å². The highest BCUT2D eigenvalue weighted by Crippen LogP contribution is 2.27. The minimum atomic E-state index is -1.26. The van der Waals surface area contributed by atoms with Crippen molar-refractivity contribution in [3.05, 3.63) is 69.8 Å². The number of benzene rings is 1. The molecular formula is C15H16N2O3. The monoisotopic (exact) mass is 272 g/mol. The Hall–Kier alpha value is -2.27. The van der Waals surface area contributed by atoms with Crippen LogP contribution in [0.3, 0.4) is 0 Å². The Morgan fingerprint density at radius 1 is 1.30 bits per heavy atom. The number of likely N-dealkylation sites (N-methyl/N-ethyl adjacent to an activating group) is 1. The Morgan fingerprint density at radius 2 is 1.95 bits per heavy atom. The van der Waals surface area contributed by atoms with Gasteiger partial charge in [-0.05, 0) is 20.2 Å². The summed E-state index contributed by atoms with van der Waals surface area (Å²) in [5, 5.41) is 11.3. The molecule has 20 heavy (non-hydrogen) atoms. The molecule has 0 fully saturated rings. The van der Waals surface area contributed by atoms with Crippen molar-refractivity contribution in [1.29, 1.82) is 0 Å². The number of hydrogen-bond donors (Lipinski definition) is 0. The van der Waals surface area contributed by atoms with Gasteiger partial charge in [0.1, 0.15) is 0 Å². The molecule has 0 bridgehead atoms. The molecule has 5 nitrogen and oxygen atoms in total. The molecule has 0 aromatic heterocycles. The molecule has 0 saturated carbocycles. The fraction of sp³-hybridized carbons (Fsp3) is 0.267. The van der Waals surface area contributed by atoms with E-state index >= 15 is 0 Å². The predicted octanol–water partition coefficient (Wildman–Crippen LogP) is 2.29. The van der Waals surface area contributed by atoms with Crippen LogP contribution in [0.2, 0.25) is 0 Å². The number of Topliss-reactive ketones (excluding diaryl/α,β-unsaturated/α-hetero) is 1. The smallest absolute Gasteiger partial charge is 0.289 e. The average molecular weight is 272 g/mol. The molecule has 0 saturated heterocycles. The molecule has 1 unspecified atom stereocenters. The molecule has 1 aromatic carbocycles. The summed E-state index contributed by atoms with van der Waals surface area (Å²) in [6.07, 6.45) is 4.85. The summed E-state index contributed by atoms with van der Waals surface area (Å²) < 4.78 is 0. The average Bonchev–Trinajstić information content (AvgIpc) is 2.47. The Labute approximate surface area is 117 Å². The maximum absolute atomic E-state index is 12.2. The van der Waals surface area contributed by atoms with E-state index in [-0.39, 0.29) is 17.1 Å². The normalized spacial score (nSPS) is 21.6. The standard InChI is InChI=1S/C15H16N2O3/c1-16(2)15(17(19)20)10-8-13(9-11-15)14(18)12-6-4-3-5-7-12/h3-10H,11H2,1-2H3. The zero-order chi connectivity index (χ0) is 14.8. The molecule has 0 heterocycles. The molecule has 2 rings (SSSR count). The zero-order valence-electron chi connectivity index (χ0n) is 11.4. The Morgan fingerprint density at radius 3 is 2.40 bits per heavy atom. The van der Waals surface area contributed by atoms with E-state index in [0.717, 1.165) is 0 Å². The van der Waals surface area contributed by atoms with Gasteiger partial charge in [0.05, 0.1) is 6.42 Å². The second-order valence-corrected chi connectivity index (χ2v) is 4.92. The van der Waals surface area contributed by atoms with Gasteiger partial charge in [-0.1, -0.05) is 36.4 Å². The van der Waals surface area contributed by atoms with Crippen LogP contribution in [0.1, 0.15) is 16.8 Å². The van der Waals surface area contributed by atoms with Gasteiger partial charge in [0.15, 0.2) is 5.78 Å². The molecule has 0 spiro atoms. The molecule has 1 atom stereocenters. The quantitative estimate of drug-likeness (QED) is 0.365. The maximum atomic E-state index is 12.2. The summed E-state index contributed by atoms with van der Waals surface area (Å²) in [5.74, 6) is -0.113. The molecule has 1 aliphatic rings. The largest absolute Gasteiger partial charge is 0.299 e. The third-order valence-corrected chi connectivity index (χ3v) is 3.54. The van der Waals surface area contributed by atoms with Crippen LogP contribution in [0.5, 0.6) is 0 Å². The van der Waals surface area contributed by atoms with E-state index in [1.807, 2.05) is 6.07 Å². The van der Waals surface area contributed by atoms with Gasteiger partial charge in [-0.3, -0.25) is 14.9 Å². The van der Waals surface area contributed by atoms with Crippen molar-refractivity contribution < 1.29 is 9.72 Å². The minimum absolute atomic E-state index is 0.113. The Balaban J connectivity index is 2.25. The summed E-state index contributed by atoms with van der Waals surface area (Å²) in [6.45, 7) is 0. The van der Waals surface area contributed by atoms with Crippen molar-refractivity contribution in [2.45, 2.75) is 12.1 Å². The van der Waals surface area contributed by atoms with Crippen LogP contribution < -0.4 is 0 Å². The zero-order valence-corrected chi connectivity index (χ0v) is 11.4. The summed E-state index contributed by atoms with van der Waals surface area (Å²) in [7, 11) is 3.32. The molecule has 1 aliphatic carbocycles. The van der Waals surface area contributed by atoms with Gasteiger partial charge < -0.3 is 0 Å². The van der Waals surface area contributed by atoms with Crippen LogP contribution in [0, 0.1) is 10.1 Å². The highest BCUT2D eigenvalue weighted by Gasteiger charge is 2.43. The predicted molar refractivity (Wildman–Crippen MR) is 76.0 cm³/mol. The lowest BCUT2D eigenvalue weighted by Crippen LogP contribution is -2.49. The van der Waals surface area contributed by atoms with Gasteiger partial charge in [0.2, 0.25) is 0 Å². The molecule has 0 N–H and O–H groups in total. The first-order chi connectivity index (χ1) is 9.47. The topological polar surface area (TPSA) is 63.4 Å². The first-order valence-electron chi connectivity index (χ1n) is 6.28.